The highest BCUT2D eigenvalue weighted by Gasteiger charge is 2.14. The number of benzene rings is 3. The van der Waals surface area contributed by atoms with Crippen LogP contribution < -0.4 is 4.74 Å². The lowest BCUT2D eigenvalue weighted by molar-refractivity contribution is 0.340. The predicted octanol–water partition coefficient (Wildman–Crippen LogP) is 6.33. The summed E-state index contributed by atoms with van der Waals surface area (Å²) in [5.41, 5.74) is 7.26. The van der Waals surface area contributed by atoms with E-state index >= 15 is 0 Å². The van der Waals surface area contributed by atoms with Gasteiger partial charge in [-0.15, -0.1) is 0 Å². The molecule has 1 N–H and O–H groups in total. The molecule has 0 amide bonds. The number of aromatic nitrogens is 2. The van der Waals surface area contributed by atoms with Gasteiger partial charge in [-0.1, -0.05) is 55.5 Å². The van der Waals surface area contributed by atoms with Gasteiger partial charge in [0.25, 0.3) is 0 Å². The highest BCUT2D eigenvalue weighted by Crippen LogP contribution is 2.35. The Morgan fingerprint density at radius 1 is 0.857 bits per heavy atom. The van der Waals surface area contributed by atoms with Crippen LogP contribution in [0.25, 0.3) is 22.0 Å². The smallest absolute Gasteiger partial charge is 0.119 e. The molecular formula is C25H24N2O. The molecule has 1 heterocycles. The second-order valence-electron chi connectivity index (χ2n) is 6.70. The summed E-state index contributed by atoms with van der Waals surface area (Å²) >= 11 is 0. The number of H-pyrrole nitrogens is 1. The van der Waals surface area contributed by atoms with Crippen LogP contribution in [0.15, 0.2) is 79.0 Å². The molecule has 0 saturated heterocycles. The number of fused-ring (bicyclic) bond motifs is 1. The summed E-state index contributed by atoms with van der Waals surface area (Å²) in [5, 5.41) is 8.33. The molecule has 0 aliphatic rings. The van der Waals surface area contributed by atoms with Gasteiger partial charge < -0.3 is 4.74 Å². The molecule has 3 aromatic carbocycles. The van der Waals surface area contributed by atoms with E-state index in [0.717, 1.165) is 23.1 Å². The molecular weight excluding hydrogens is 344 g/mol. The maximum absolute atomic E-state index is 5.64. The first kappa shape index (κ1) is 18.1. The SMILES string of the molecule is CCOc1ccc(C(=C(CC)c2ccccc2)c2ccc3[nH]ncc3c2)cc1. The van der Waals surface area contributed by atoms with Gasteiger partial charge in [0.1, 0.15) is 5.75 Å². The molecule has 0 atom stereocenters. The van der Waals surface area contributed by atoms with E-state index in [-0.39, 0.29) is 0 Å². The van der Waals surface area contributed by atoms with E-state index in [4.69, 9.17) is 4.74 Å². The normalized spacial score (nSPS) is 12.1. The Morgan fingerprint density at radius 3 is 2.32 bits per heavy atom. The van der Waals surface area contributed by atoms with Crippen LogP contribution in [0.1, 0.15) is 37.0 Å². The van der Waals surface area contributed by atoms with Gasteiger partial charge in [0.2, 0.25) is 0 Å². The number of allylic oxidation sites excluding steroid dienone is 1. The highest BCUT2D eigenvalue weighted by molar-refractivity contribution is 6.00. The van der Waals surface area contributed by atoms with Crippen LogP contribution in [0.5, 0.6) is 5.75 Å². The summed E-state index contributed by atoms with van der Waals surface area (Å²) in [6, 6.07) is 25.5. The van der Waals surface area contributed by atoms with Gasteiger partial charge in [-0.2, -0.15) is 5.10 Å². The monoisotopic (exact) mass is 368 g/mol. The number of rotatable bonds is 6. The van der Waals surface area contributed by atoms with Gasteiger partial charge in [0, 0.05) is 5.39 Å². The molecule has 0 spiro atoms. The van der Waals surface area contributed by atoms with Crippen molar-refractivity contribution in [2.75, 3.05) is 6.61 Å². The molecule has 0 saturated carbocycles. The molecule has 0 radical (unpaired) electrons. The molecule has 0 aliphatic heterocycles. The predicted molar refractivity (Wildman–Crippen MR) is 116 cm³/mol. The third-order valence-electron chi connectivity index (χ3n) is 4.96. The molecule has 0 unspecified atom stereocenters. The summed E-state index contributed by atoms with van der Waals surface area (Å²) in [6.45, 7) is 4.89. The Kier molecular flexibility index (Phi) is 5.24. The Balaban J connectivity index is 1.93. The Labute approximate surface area is 165 Å². The minimum Gasteiger partial charge on any atom is -0.494 e. The van der Waals surface area contributed by atoms with Gasteiger partial charge in [0.05, 0.1) is 18.3 Å². The number of aromatic amines is 1. The summed E-state index contributed by atoms with van der Waals surface area (Å²) in [7, 11) is 0. The highest BCUT2D eigenvalue weighted by atomic mass is 16.5. The van der Waals surface area contributed by atoms with E-state index in [2.05, 4.69) is 77.8 Å². The minimum absolute atomic E-state index is 0.670. The average molecular weight is 368 g/mol. The van der Waals surface area contributed by atoms with Crippen molar-refractivity contribution in [3.63, 3.8) is 0 Å². The summed E-state index contributed by atoms with van der Waals surface area (Å²) in [4.78, 5) is 0. The quantitative estimate of drug-likeness (QED) is 0.404. The Hall–Kier alpha value is -3.33. The molecule has 0 aliphatic carbocycles. The minimum atomic E-state index is 0.670. The van der Waals surface area contributed by atoms with Crippen molar-refractivity contribution in [3.8, 4) is 5.75 Å². The topological polar surface area (TPSA) is 37.9 Å². The lowest BCUT2D eigenvalue weighted by Gasteiger charge is -2.17. The largest absolute Gasteiger partial charge is 0.494 e. The van der Waals surface area contributed by atoms with Crippen LogP contribution in [0.3, 0.4) is 0 Å². The van der Waals surface area contributed by atoms with Gasteiger partial charge in [0.15, 0.2) is 0 Å². The van der Waals surface area contributed by atoms with Gasteiger partial charge >= 0.3 is 0 Å². The average Bonchev–Trinajstić information content (AvgIpc) is 3.21. The zero-order valence-electron chi connectivity index (χ0n) is 16.3. The van der Waals surface area contributed by atoms with Crippen molar-refractivity contribution in [2.45, 2.75) is 20.3 Å². The van der Waals surface area contributed by atoms with Gasteiger partial charge in [-0.25, -0.2) is 0 Å². The maximum Gasteiger partial charge on any atom is 0.119 e. The molecule has 28 heavy (non-hydrogen) atoms. The van der Waals surface area contributed by atoms with E-state index in [0.29, 0.717) is 6.61 Å². The van der Waals surface area contributed by atoms with Crippen molar-refractivity contribution < 1.29 is 4.74 Å². The van der Waals surface area contributed by atoms with Crippen molar-refractivity contribution in [1.82, 2.24) is 10.2 Å². The number of ether oxygens (including phenoxy) is 1. The number of nitrogens with one attached hydrogen (secondary N) is 1. The molecule has 0 bridgehead atoms. The molecule has 3 nitrogen and oxygen atoms in total. The van der Waals surface area contributed by atoms with Crippen LogP contribution in [-0.4, -0.2) is 16.8 Å². The second-order valence-corrected chi connectivity index (χ2v) is 6.70. The summed E-state index contributed by atoms with van der Waals surface area (Å²) in [5.74, 6) is 0.897. The Morgan fingerprint density at radius 2 is 1.61 bits per heavy atom. The van der Waals surface area contributed by atoms with E-state index in [9.17, 15) is 0 Å². The first-order valence-electron chi connectivity index (χ1n) is 9.75. The number of hydrogen-bond donors (Lipinski definition) is 1. The van der Waals surface area contributed by atoms with Crippen LogP contribution in [0.4, 0.5) is 0 Å². The molecule has 4 aromatic rings. The first-order valence-corrected chi connectivity index (χ1v) is 9.75. The van der Waals surface area contributed by atoms with Crippen molar-refractivity contribution in [1.29, 1.82) is 0 Å². The lowest BCUT2D eigenvalue weighted by atomic mass is 9.88. The fourth-order valence-corrected chi connectivity index (χ4v) is 3.66. The number of hydrogen-bond acceptors (Lipinski definition) is 2. The van der Waals surface area contributed by atoms with Gasteiger partial charge in [-0.05, 0) is 65.4 Å². The molecule has 3 heteroatoms. The molecule has 140 valence electrons. The van der Waals surface area contributed by atoms with Crippen molar-refractivity contribution in [3.05, 3.63) is 95.7 Å². The van der Waals surface area contributed by atoms with E-state index < -0.39 is 0 Å². The zero-order chi connectivity index (χ0) is 19.3. The van der Waals surface area contributed by atoms with Crippen molar-refractivity contribution >= 4 is 22.0 Å². The third-order valence-corrected chi connectivity index (χ3v) is 4.96. The molecule has 0 fully saturated rings. The lowest BCUT2D eigenvalue weighted by Crippen LogP contribution is -1.96. The fraction of sp³-hybridized carbons (Fsp3) is 0.160. The Bertz CT molecular complexity index is 1090. The zero-order valence-corrected chi connectivity index (χ0v) is 16.3. The summed E-state index contributed by atoms with van der Waals surface area (Å²) < 4.78 is 5.64. The third kappa shape index (κ3) is 3.56. The maximum atomic E-state index is 5.64. The summed E-state index contributed by atoms with van der Waals surface area (Å²) in [6.07, 6.45) is 2.82. The molecule has 1 aromatic heterocycles. The number of nitrogens with zero attached hydrogens (tertiary/aromatic N) is 1. The van der Waals surface area contributed by atoms with Crippen LogP contribution in [0.2, 0.25) is 0 Å². The molecule has 4 rings (SSSR count). The fourth-order valence-electron chi connectivity index (χ4n) is 3.66. The van der Waals surface area contributed by atoms with Gasteiger partial charge in [-0.3, -0.25) is 5.10 Å². The van der Waals surface area contributed by atoms with Crippen LogP contribution >= 0.6 is 0 Å². The van der Waals surface area contributed by atoms with E-state index in [1.807, 2.05) is 25.3 Å². The second kappa shape index (κ2) is 8.13. The van der Waals surface area contributed by atoms with E-state index in [1.165, 1.54) is 27.8 Å². The van der Waals surface area contributed by atoms with E-state index in [1.54, 1.807) is 0 Å². The van der Waals surface area contributed by atoms with Crippen molar-refractivity contribution in [2.24, 2.45) is 0 Å². The van der Waals surface area contributed by atoms with Crippen LogP contribution in [-0.2, 0) is 0 Å². The standard InChI is InChI=1S/C25H24N2O/c1-3-23(18-8-6-5-7-9-18)25(19-10-13-22(14-11-19)28-4-2)20-12-15-24-21(16-20)17-26-27-24/h5-17H,3-4H2,1-2H3,(H,26,27). The van der Waals surface area contributed by atoms with Crippen LogP contribution in [0, 0.1) is 0 Å². The first-order chi connectivity index (χ1) is 13.8.